The van der Waals surface area contributed by atoms with Crippen molar-refractivity contribution in [3.8, 4) is 0 Å². The van der Waals surface area contributed by atoms with E-state index in [2.05, 4.69) is 5.32 Å². The third-order valence-electron chi connectivity index (χ3n) is 2.96. The van der Waals surface area contributed by atoms with Gasteiger partial charge in [0.05, 0.1) is 14.6 Å². The molecule has 1 aromatic heterocycles. The van der Waals surface area contributed by atoms with Gasteiger partial charge in [-0.25, -0.2) is 0 Å². The fourth-order valence-corrected chi connectivity index (χ4v) is 3.32. The molecule has 0 saturated carbocycles. The minimum absolute atomic E-state index is 0.197. The minimum atomic E-state index is -4.34. The Bertz CT molecular complexity index is 652. The van der Waals surface area contributed by atoms with Crippen molar-refractivity contribution in [2.75, 3.05) is 12.8 Å². The van der Waals surface area contributed by atoms with Gasteiger partial charge in [0.15, 0.2) is 0 Å². The van der Waals surface area contributed by atoms with Crippen molar-refractivity contribution in [3.05, 3.63) is 52.4 Å². The number of thioether (sulfide) groups is 1. The predicted molar refractivity (Wildman–Crippen MR) is 83.6 cm³/mol. The highest BCUT2D eigenvalue weighted by molar-refractivity contribution is 8.00. The smallest absolute Gasteiger partial charge is 0.351 e. The highest BCUT2D eigenvalue weighted by Crippen LogP contribution is 2.29. The second-order valence-corrected chi connectivity index (χ2v) is 6.72. The van der Waals surface area contributed by atoms with Crippen molar-refractivity contribution in [1.82, 2.24) is 5.32 Å². The zero-order valence-corrected chi connectivity index (χ0v) is 13.4. The minimum Gasteiger partial charge on any atom is -0.351 e. The number of carbonyl (C=O) groups is 1. The van der Waals surface area contributed by atoms with Crippen LogP contribution in [0.15, 0.2) is 40.6 Å². The van der Waals surface area contributed by atoms with Gasteiger partial charge >= 0.3 is 6.18 Å². The molecule has 118 valence electrons. The summed E-state index contributed by atoms with van der Waals surface area (Å²) >= 11 is 2.96. The monoisotopic (exact) mass is 345 g/mol. The van der Waals surface area contributed by atoms with Crippen LogP contribution in [0.25, 0.3) is 0 Å². The van der Waals surface area contributed by atoms with E-state index < -0.39 is 11.7 Å². The maximum Gasteiger partial charge on any atom is 0.416 e. The molecule has 0 radical (unpaired) electrons. The molecule has 2 aromatic rings. The summed E-state index contributed by atoms with van der Waals surface area (Å²) in [6.45, 7) is 0.298. The van der Waals surface area contributed by atoms with Crippen molar-refractivity contribution < 1.29 is 18.0 Å². The predicted octanol–water partition coefficient (Wildman–Crippen LogP) is 4.46. The molecular weight excluding hydrogens is 331 g/mol. The van der Waals surface area contributed by atoms with Crippen LogP contribution < -0.4 is 5.32 Å². The summed E-state index contributed by atoms with van der Waals surface area (Å²) in [7, 11) is 0. The molecule has 0 bridgehead atoms. The molecular formula is C15H14F3NOS2. The number of hydrogen-bond acceptors (Lipinski definition) is 3. The fourth-order valence-electron chi connectivity index (χ4n) is 1.86. The van der Waals surface area contributed by atoms with Crippen LogP contribution in [0.4, 0.5) is 13.2 Å². The van der Waals surface area contributed by atoms with Crippen LogP contribution in [0, 0.1) is 0 Å². The second kappa shape index (κ2) is 7.19. The van der Waals surface area contributed by atoms with E-state index in [9.17, 15) is 18.0 Å². The average molecular weight is 345 g/mol. The largest absolute Gasteiger partial charge is 0.416 e. The number of rotatable bonds is 5. The quantitative estimate of drug-likeness (QED) is 0.811. The molecule has 0 atom stereocenters. The van der Waals surface area contributed by atoms with Crippen molar-refractivity contribution in [1.29, 1.82) is 0 Å². The van der Waals surface area contributed by atoms with E-state index >= 15 is 0 Å². The summed E-state index contributed by atoms with van der Waals surface area (Å²) in [4.78, 5) is 12.5. The molecule has 0 fully saturated rings. The molecule has 7 heteroatoms. The molecule has 1 N–H and O–H groups in total. The van der Waals surface area contributed by atoms with Gasteiger partial charge in [-0.15, -0.1) is 23.1 Å². The normalized spacial score (nSPS) is 11.5. The summed E-state index contributed by atoms with van der Waals surface area (Å²) < 4.78 is 38.9. The van der Waals surface area contributed by atoms with Gasteiger partial charge in [0.25, 0.3) is 5.91 Å². The van der Waals surface area contributed by atoms with Crippen molar-refractivity contribution >= 4 is 29.0 Å². The standard InChI is InChI=1S/C15H14F3NOS2/c1-21-13-6-5-12(22-13)14(20)19-8-7-10-3-2-4-11(9-10)15(16,17)18/h2-6,9H,7-8H2,1H3,(H,19,20). The number of thiophene rings is 1. The topological polar surface area (TPSA) is 29.1 Å². The number of hydrogen-bond donors (Lipinski definition) is 1. The number of benzene rings is 1. The Kier molecular flexibility index (Phi) is 5.52. The number of halogens is 3. The first kappa shape index (κ1) is 16.9. The highest BCUT2D eigenvalue weighted by atomic mass is 32.2. The molecule has 0 aliphatic carbocycles. The van der Waals surface area contributed by atoms with E-state index in [-0.39, 0.29) is 5.91 Å². The van der Waals surface area contributed by atoms with E-state index in [1.165, 1.54) is 17.4 Å². The maximum atomic E-state index is 12.6. The van der Waals surface area contributed by atoms with Crippen molar-refractivity contribution in [3.63, 3.8) is 0 Å². The molecule has 0 saturated heterocycles. The third-order valence-corrected chi connectivity index (χ3v) is 5.13. The first-order valence-electron chi connectivity index (χ1n) is 6.48. The lowest BCUT2D eigenvalue weighted by atomic mass is 10.1. The van der Waals surface area contributed by atoms with E-state index in [1.807, 2.05) is 12.3 Å². The summed E-state index contributed by atoms with van der Waals surface area (Å²) in [5.74, 6) is -0.197. The van der Waals surface area contributed by atoms with Gasteiger partial charge in [-0.2, -0.15) is 13.2 Å². The average Bonchev–Trinajstić information content (AvgIpc) is 2.95. The van der Waals surface area contributed by atoms with Gasteiger partial charge in [0, 0.05) is 6.54 Å². The lowest BCUT2D eigenvalue weighted by Gasteiger charge is -2.09. The number of nitrogens with one attached hydrogen (secondary N) is 1. The lowest BCUT2D eigenvalue weighted by molar-refractivity contribution is -0.137. The van der Waals surface area contributed by atoms with E-state index in [0.29, 0.717) is 23.4 Å². The molecule has 1 aromatic carbocycles. The Morgan fingerprint density at radius 2 is 2.05 bits per heavy atom. The molecule has 2 nitrogen and oxygen atoms in total. The third kappa shape index (κ3) is 4.51. The first-order chi connectivity index (χ1) is 10.4. The fraction of sp³-hybridized carbons (Fsp3) is 0.267. The van der Waals surface area contributed by atoms with E-state index in [1.54, 1.807) is 23.9 Å². The van der Waals surface area contributed by atoms with Gasteiger partial charge in [-0.1, -0.05) is 18.2 Å². The number of amides is 1. The van der Waals surface area contributed by atoms with Crippen LogP contribution >= 0.6 is 23.1 Å². The van der Waals surface area contributed by atoms with Crippen LogP contribution in [0.2, 0.25) is 0 Å². The zero-order valence-electron chi connectivity index (χ0n) is 11.7. The molecule has 22 heavy (non-hydrogen) atoms. The Morgan fingerprint density at radius 1 is 1.27 bits per heavy atom. The lowest BCUT2D eigenvalue weighted by Crippen LogP contribution is -2.24. The van der Waals surface area contributed by atoms with Gasteiger partial charge in [-0.05, 0) is 36.4 Å². The molecule has 1 heterocycles. The Labute approximate surface area is 134 Å². The molecule has 0 aliphatic heterocycles. The van der Waals surface area contributed by atoms with Crippen LogP contribution in [-0.4, -0.2) is 18.7 Å². The van der Waals surface area contributed by atoms with Crippen LogP contribution in [-0.2, 0) is 12.6 Å². The maximum absolute atomic E-state index is 12.6. The molecule has 2 rings (SSSR count). The Hall–Kier alpha value is -1.47. The van der Waals surface area contributed by atoms with Gasteiger partial charge in [0.1, 0.15) is 0 Å². The van der Waals surface area contributed by atoms with Crippen LogP contribution in [0.1, 0.15) is 20.8 Å². The van der Waals surface area contributed by atoms with E-state index in [4.69, 9.17) is 0 Å². The molecule has 0 unspecified atom stereocenters. The van der Waals surface area contributed by atoms with Crippen molar-refractivity contribution in [2.24, 2.45) is 0 Å². The van der Waals surface area contributed by atoms with Gasteiger partial charge in [-0.3, -0.25) is 4.79 Å². The summed E-state index contributed by atoms with van der Waals surface area (Å²) in [5.41, 5.74) is -0.120. The SMILES string of the molecule is CSc1ccc(C(=O)NCCc2cccc(C(F)(F)F)c2)s1. The summed E-state index contributed by atoms with van der Waals surface area (Å²) in [5, 5.41) is 2.72. The van der Waals surface area contributed by atoms with Crippen molar-refractivity contribution in [2.45, 2.75) is 16.8 Å². The summed E-state index contributed by atoms with van der Waals surface area (Å²) in [6, 6.07) is 8.77. The second-order valence-electron chi connectivity index (χ2n) is 4.53. The van der Waals surface area contributed by atoms with Crippen LogP contribution in [0.3, 0.4) is 0 Å². The number of alkyl halides is 3. The van der Waals surface area contributed by atoms with Gasteiger partial charge < -0.3 is 5.32 Å². The Balaban J connectivity index is 1.89. The molecule has 1 amide bonds. The molecule has 0 spiro atoms. The van der Waals surface area contributed by atoms with Gasteiger partial charge in [0.2, 0.25) is 0 Å². The first-order valence-corrected chi connectivity index (χ1v) is 8.52. The highest BCUT2D eigenvalue weighted by Gasteiger charge is 2.30. The number of carbonyl (C=O) groups excluding carboxylic acids is 1. The molecule has 0 aliphatic rings. The van der Waals surface area contributed by atoms with E-state index in [0.717, 1.165) is 16.3 Å². The summed E-state index contributed by atoms with van der Waals surface area (Å²) in [6.07, 6.45) is -2.05. The van der Waals surface area contributed by atoms with Crippen LogP contribution in [0.5, 0.6) is 0 Å². The zero-order chi connectivity index (χ0) is 16.2. The Morgan fingerprint density at radius 3 is 2.68 bits per heavy atom.